The molecule has 2 rings (SSSR count). The Bertz CT molecular complexity index is 485. The van der Waals surface area contributed by atoms with Crippen LogP contribution in [0.25, 0.3) is 0 Å². The fourth-order valence-electron chi connectivity index (χ4n) is 2.11. The van der Waals surface area contributed by atoms with E-state index in [-0.39, 0.29) is 12.5 Å². The molecule has 0 fully saturated rings. The summed E-state index contributed by atoms with van der Waals surface area (Å²) < 4.78 is 0. The summed E-state index contributed by atoms with van der Waals surface area (Å²) in [4.78, 5) is 22.4. The van der Waals surface area contributed by atoms with Gasteiger partial charge >= 0.3 is 0 Å². The van der Waals surface area contributed by atoms with Crippen LogP contribution in [-0.2, 0) is 17.6 Å². The lowest BCUT2D eigenvalue weighted by atomic mass is 10.1. The molecule has 96 valence electrons. The molecule has 5 nitrogen and oxygen atoms in total. The number of carbonyl (C=O) groups is 2. The fraction of sp³-hybridized carbons (Fsp3) is 0.385. The summed E-state index contributed by atoms with van der Waals surface area (Å²) >= 11 is 0. The van der Waals surface area contributed by atoms with Crippen LogP contribution in [0.15, 0.2) is 18.2 Å². The lowest BCUT2D eigenvalue weighted by Crippen LogP contribution is -2.40. The first-order valence-electron chi connectivity index (χ1n) is 5.95. The number of hydrogen-bond acceptors (Lipinski definition) is 3. The number of carbonyl (C=O) groups excluding carboxylic acids is 2. The van der Waals surface area contributed by atoms with Gasteiger partial charge in [-0.3, -0.25) is 9.59 Å². The standard InChI is InChI=1S/C13H16N2O3/c14-12(17)11(16)7-15-13(18)10-5-4-8-2-1-3-9(8)6-10/h4-6,11,16H,1-3,7H2,(H2,14,17)(H,15,18). The van der Waals surface area contributed by atoms with Gasteiger partial charge in [-0.05, 0) is 42.5 Å². The SMILES string of the molecule is NC(=O)C(O)CNC(=O)c1ccc2c(c1)CCC2. The normalized spacial score (nSPS) is 14.9. The number of fused-ring (bicyclic) bond motifs is 1. The Balaban J connectivity index is 1.99. The molecular weight excluding hydrogens is 232 g/mol. The molecule has 1 atom stereocenters. The van der Waals surface area contributed by atoms with Gasteiger partial charge in [0.15, 0.2) is 0 Å². The molecule has 1 unspecified atom stereocenters. The Labute approximate surface area is 105 Å². The van der Waals surface area contributed by atoms with Gasteiger partial charge in [0.05, 0.1) is 6.54 Å². The van der Waals surface area contributed by atoms with Gasteiger partial charge in [-0.2, -0.15) is 0 Å². The predicted molar refractivity (Wildman–Crippen MR) is 66.0 cm³/mol. The summed E-state index contributed by atoms with van der Waals surface area (Å²) in [7, 11) is 0. The second kappa shape index (κ2) is 5.18. The Morgan fingerprint density at radius 3 is 2.78 bits per heavy atom. The molecule has 18 heavy (non-hydrogen) atoms. The van der Waals surface area contributed by atoms with Crippen molar-refractivity contribution < 1.29 is 14.7 Å². The second-order valence-electron chi connectivity index (χ2n) is 4.47. The van der Waals surface area contributed by atoms with Crippen molar-refractivity contribution in [2.75, 3.05) is 6.54 Å². The van der Waals surface area contributed by atoms with Crippen molar-refractivity contribution >= 4 is 11.8 Å². The van der Waals surface area contributed by atoms with Crippen LogP contribution in [0.5, 0.6) is 0 Å². The highest BCUT2D eigenvalue weighted by Gasteiger charge is 2.16. The smallest absolute Gasteiger partial charge is 0.251 e. The number of primary amides is 1. The van der Waals surface area contributed by atoms with Gasteiger partial charge in [0.2, 0.25) is 5.91 Å². The van der Waals surface area contributed by atoms with E-state index in [1.54, 1.807) is 6.07 Å². The van der Waals surface area contributed by atoms with E-state index in [0.717, 1.165) is 19.3 Å². The average molecular weight is 248 g/mol. The number of amides is 2. The van der Waals surface area contributed by atoms with Crippen molar-refractivity contribution in [2.45, 2.75) is 25.4 Å². The van der Waals surface area contributed by atoms with Crippen LogP contribution in [0, 0.1) is 0 Å². The number of nitrogens with two attached hydrogens (primary N) is 1. The fourth-order valence-corrected chi connectivity index (χ4v) is 2.11. The molecule has 0 aliphatic heterocycles. The van der Waals surface area contributed by atoms with Gasteiger partial charge in [-0.15, -0.1) is 0 Å². The number of aliphatic hydroxyl groups is 1. The molecule has 1 aliphatic rings. The first-order chi connectivity index (χ1) is 8.58. The summed E-state index contributed by atoms with van der Waals surface area (Å²) in [5.74, 6) is -1.14. The van der Waals surface area contributed by atoms with Gasteiger partial charge in [-0.1, -0.05) is 6.07 Å². The molecular formula is C13H16N2O3. The zero-order chi connectivity index (χ0) is 13.1. The molecule has 1 aromatic carbocycles. The van der Waals surface area contributed by atoms with E-state index >= 15 is 0 Å². The number of nitrogens with one attached hydrogen (secondary N) is 1. The van der Waals surface area contributed by atoms with E-state index < -0.39 is 12.0 Å². The monoisotopic (exact) mass is 248 g/mol. The molecule has 0 spiro atoms. The van der Waals surface area contributed by atoms with Crippen molar-refractivity contribution in [1.29, 1.82) is 0 Å². The minimum absolute atomic E-state index is 0.161. The summed E-state index contributed by atoms with van der Waals surface area (Å²) in [5, 5.41) is 11.7. The van der Waals surface area contributed by atoms with Crippen molar-refractivity contribution in [3.05, 3.63) is 34.9 Å². The first kappa shape index (κ1) is 12.6. The Morgan fingerprint density at radius 2 is 2.06 bits per heavy atom. The molecule has 1 aromatic rings. The van der Waals surface area contributed by atoms with Crippen LogP contribution in [0.1, 0.15) is 27.9 Å². The Hall–Kier alpha value is -1.88. The predicted octanol–water partition coefficient (Wildman–Crippen LogP) is -0.249. The van der Waals surface area contributed by atoms with E-state index in [0.29, 0.717) is 5.56 Å². The van der Waals surface area contributed by atoms with Crippen molar-refractivity contribution in [2.24, 2.45) is 5.73 Å². The van der Waals surface area contributed by atoms with Gasteiger partial charge < -0.3 is 16.2 Å². The largest absolute Gasteiger partial charge is 0.381 e. The third kappa shape index (κ3) is 2.68. The van der Waals surface area contributed by atoms with E-state index in [2.05, 4.69) is 5.32 Å². The van der Waals surface area contributed by atoms with E-state index in [1.165, 1.54) is 11.1 Å². The van der Waals surface area contributed by atoms with Gasteiger partial charge in [0.1, 0.15) is 6.10 Å². The van der Waals surface area contributed by atoms with Crippen LogP contribution in [0.3, 0.4) is 0 Å². The second-order valence-corrected chi connectivity index (χ2v) is 4.47. The van der Waals surface area contributed by atoms with Gasteiger partial charge in [-0.25, -0.2) is 0 Å². The average Bonchev–Trinajstić information content (AvgIpc) is 2.82. The number of aliphatic hydroxyl groups excluding tert-OH is 1. The molecule has 0 radical (unpaired) electrons. The molecule has 1 aliphatic carbocycles. The van der Waals surface area contributed by atoms with E-state index in [4.69, 9.17) is 5.73 Å². The number of hydrogen-bond donors (Lipinski definition) is 3. The number of rotatable bonds is 4. The lowest BCUT2D eigenvalue weighted by molar-refractivity contribution is -0.125. The van der Waals surface area contributed by atoms with E-state index in [9.17, 15) is 14.7 Å². The highest BCUT2D eigenvalue weighted by atomic mass is 16.3. The van der Waals surface area contributed by atoms with Crippen LogP contribution < -0.4 is 11.1 Å². The summed E-state index contributed by atoms with van der Waals surface area (Å²) in [5.41, 5.74) is 7.94. The molecule has 0 heterocycles. The minimum atomic E-state index is -1.34. The Morgan fingerprint density at radius 1 is 1.33 bits per heavy atom. The molecule has 4 N–H and O–H groups in total. The minimum Gasteiger partial charge on any atom is -0.381 e. The van der Waals surface area contributed by atoms with Crippen LogP contribution in [0.4, 0.5) is 0 Å². The molecule has 0 saturated carbocycles. The maximum atomic E-state index is 11.8. The molecule has 0 saturated heterocycles. The van der Waals surface area contributed by atoms with Crippen LogP contribution in [0.2, 0.25) is 0 Å². The third-order valence-corrected chi connectivity index (χ3v) is 3.15. The van der Waals surface area contributed by atoms with Crippen molar-refractivity contribution in [1.82, 2.24) is 5.32 Å². The summed E-state index contributed by atoms with van der Waals surface area (Å²) in [6.07, 6.45) is 1.85. The maximum absolute atomic E-state index is 11.8. The van der Waals surface area contributed by atoms with Crippen molar-refractivity contribution in [3.63, 3.8) is 0 Å². The quantitative estimate of drug-likeness (QED) is 0.686. The van der Waals surface area contributed by atoms with Crippen LogP contribution >= 0.6 is 0 Å². The number of aryl methyl sites for hydroxylation is 2. The third-order valence-electron chi connectivity index (χ3n) is 3.15. The van der Waals surface area contributed by atoms with Gasteiger partial charge in [0.25, 0.3) is 5.91 Å². The maximum Gasteiger partial charge on any atom is 0.251 e. The zero-order valence-electron chi connectivity index (χ0n) is 9.98. The van der Waals surface area contributed by atoms with E-state index in [1.807, 2.05) is 12.1 Å². The lowest BCUT2D eigenvalue weighted by Gasteiger charge is -2.09. The highest BCUT2D eigenvalue weighted by Crippen LogP contribution is 2.22. The molecule has 0 aromatic heterocycles. The highest BCUT2D eigenvalue weighted by molar-refractivity contribution is 5.95. The summed E-state index contributed by atoms with van der Waals surface area (Å²) in [6.45, 7) is -0.161. The molecule has 2 amide bonds. The van der Waals surface area contributed by atoms with Crippen LogP contribution in [-0.4, -0.2) is 29.6 Å². The zero-order valence-corrected chi connectivity index (χ0v) is 9.98. The first-order valence-corrected chi connectivity index (χ1v) is 5.95. The topological polar surface area (TPSA) is 92.4 Å². The summed E-state index contributed by atoms with van der Waals surface area (Å²) in [6, 6.07) is 5.59. The number of benzene rings is 1. The van der Waals surface area contributed by atoms with Gasteiger partial charge in [0, 0.05) is 5.56 Å². The molecule has 0 bridgehead atoms. The Kier molecular flexibility index (Phi) is 3.62. The van der Waals surface area contributed by atoms with Crippen molar-refractivity contribution in [3.8, 4) is 0 Å². The molecule has 5 heteroatoms.